The van der Waals surface area contributed by atoms with Gasteiger partial charge in [0.15, 0.2) is 0 Å². The molecule has 3 aromatic carbocycles. The molecule has 0 spiro atoms. The lowest BCUT2D eigenvalue weighted by molar-refractivity contribution is 0.0927. The number of aromatic nitrogens is 2. The van der Waals surface area contributed by atoms with Crippen molar-refractivity contribution in [2.75, 3.05) is 13.1 Å². The number of para-hydroxylation sites is 1. The van der Waals surface area contributed by atoms with Crippen molar-refractivity contribution in [2.45, 2.75) is 13.8 Å². The summed E-state index contributed by atoms with van der Waals surface area (Å²) < 4.78 is 15.7. The molecule has 1 heterocycles. The Balaban J connectivity index is 1.38. The number of amides is 2. The lowest BCUT2D eigenvalue weighted by Crippen LogP contribution is -2.34. The number of carbonyl (C=O) groups excluding carboxylic acids is 2. The standard InChI is InChI=1S/C25H23FN4O2/c1-16-8-9-18(14-21(16)26)24(31)27-12-13-28-25(32)19-10-11-23-22(15-19)29-17(2)30(23)20-6-4-3-5-7-20/h3-11,14-15H,12-13H2,1-2H3,(H,27,31)(H,28,32). The monoisotopic (exact) mass is 430 g/mol. The summed E-state index contributed by atoms with van der Waals surface area (Å²) in [4.78, 5) is 29.3. The Morgan fingerprint density at radius 1 is 0.875 bits per heavy atom. The molecule has 32 heavy (non-hydrogen) atoms. The van der Waals surface area contributed by atoms with E-state index in [1.165, 1.54) is 6.07 Å². The van der Waals surface area contributed by atoms with Gasteiger partial charge in [0.25, 0.3) is 11.8 Å². The van der Waals surface area contributed by atoms with Crippen LogP contribution in [0.2, 0.25) is 0 Å². The van der Waals surface area contributed by atoms with Crippen molar-refractivity contribution in [3.8, 4) is 5.69 Å². The van der Waals surface area contributed by atoms with Crippen LogP contribution in [0.5, 0.6) is 0 Å². The third-order valence-electron chi connectivity index (χ3n) is 5.23. The number of carbonyl (C=O) groups is 2. The van der Waals surface area contributed by atoms with Crippen molar-refractivity contribution in [3.63, 3.8) is 0 Å². The molecule has 4 rings (SSSR count). The van der Waals surface area contributed by atoms with E-state index in [-0.39, 0.29) is 30.5 Å². The molecule has 1 aromatic heterocycles. The highest BCUT2D eigenvalue weighted by Crippen LogP contribution is 2.22. The van der Waals surface area contributed by atoms with E-state index in [9.17, 15) is 14.0 Å². The van der Waals surface area contributed by atoms with E-state index < -0.39 is 5.82 Å². The van der Waals surface area contributed by atoms with Crippen LogP contribution in [0.4, 0.5) is 4.39 Å². The fourth-order valence-corrected chi connectivity index (χ4v) is 3.54. The number of benzene rings is 3. The van der Waals surface area contributed by atoms with Crippen LogP contribution in [0.3, 0.4) is 0 Å². The fourth-order valence-electron chi connectivity index (χ4n) is 3.54. The van der Waals surface area contributed by atoms with Crippen LogP contribution in [0.1, 0.15) is 32.1 Å². The molecule has 2 amide bonds. The molecule has 0 fully saturated rings. The molecule has 0 radical (unpaired) electrons. The van der Waals surface area contributed by atoms with E-state index in [0.29, 0.717) is 11.1 Å². The van der Waals surface area contributed by atoms with Gasteiger partial charge < -0.3 is 10.6 Å². The third kappa shape index (κ3) is 4.37. The molecule has 0 atom stereocenters. The van der Waals surface area contributed by atoms with Gasteiger partial charge in [0, 0.05) is 29.9 Å². The van der Waals surface area contributed by atoms with Gasteiger partial charge >= 0.3 is 0 Å². The molecule has 0 saturated carbocycles. The quantitative estimate of drug-likeness (QED) is 0.455. The van der Waals surface area contributed by atoms with Gasteiger partial charge in [-0.1, -0.05) is 24.3 Å². The number of hydrogen-bond donors (Lipinski definition) is 2. The summed E-state index contributed by atoms with van der Waals surface area (Å²) in [6.07, 6.45) is 0. The normalized spacial score (nSPS) is 10.8. The second kappa shape index (κ2) is 9.01. The first-order valence-electron chi connectivity index (χ1n) is 10.3. The number of nitrogens with zero attached hydrogens (tertiary/aromatic N) is 2. The number of imidazole rings is 1. The summed E-state index contributed by atoms with van der Waals surface area (Å²) in [5, 5.41) is 5.46. The Hall–Kier alpha value is -4.00. The molecule has 4 aromatic rings. The maximum Gasteiger partial charge on any atom is 0.251 e. The molecule has 0 saturated heterocycles. The first-order chi connectivity index (χ1) is 15.4. The van der Waals surface area contributed by atoms with E-state index >= 15 is 0 Å². The molecule has 0 bridgehead atoms. The summed E-state index contributed by atoms with van der Waals surface area (Å²) in [6, 6.07) is 19.6. The van der Waals surface area contributed by atoms with Crippen molar-refractivity contribution in [1.82, 2.24) is 20.2 Å². The van der Waals surface area contributed by atoms with Gasteiger partial charge in [0.1, 0.15) is 11.6 Å². The van der Waals surface area contributed by atoms with Crippen LogP contribution in [0, 0.1) is 19.7 Å². The van der Waals surface area contributed by atoms with Crippen LogP contribution in [-0.2, 0) is 0 Å². The topological polar surface area (TPSA) is 76.0 Å². The van der Waals surface area contributed by atoms with Gasteiger partial charge in [-0.15, -0.1) is 0 Å². The van der Waals surface area contributed by atoms with Crippen molar-refractivity contribution >= 4 is 22.8 Å². The highest BCUT2D eigenvalue weighted by atomic mass is 19.1. The Kier molecular flexibility index (Phi) is 5.98. The maximum atomic E-state index is 13.6. The average molecular weight is 430 g/mol. The Bertz CT molecular complexity index is 1300. The predicted octanol–water partition coefficient (Wildman–Crippen LogP) is 3.94. The highest BCUT2D eigenvalue weighted by molar-refractivity contribution is 5.98. The van der Waals surface area contributed by atoms with E-state index in [4.69, 9.17) is 0 Å². The van der Waals surface area contributed by atoms with Crippen LogP contribution < -0.4 is 10.6 Å². The van der Waals surface area contributed by atoms with Gasteiger partial charge in [-0.3, -0.25) is 14.2 Å². The summed E-state index contributed by atoms with van der Waals surface area (Å²) in [7, 11) is 0. The number of hydrogen-bond acceptors (Lipinski definition) is 3. The molecule has 0 aliphatic carbocycles. The second-order valence-corrected chi connectivity index (χ2v) is 7.51. The van der Waals surface area contributed by atoms with E-state index in [1.54, 1.807) is 31.2 Å². The lowest BCUT2D eigenvalue weighted by atomic mass is 10.1. The Morgan fingerprint density at radius 3 is 2.16 bits per heavy atom. The van der Waals surface area contributed by atoms with Crippen LogP contribution in [0.15, 0.2) is 66.7 Å². The second-order valence-electron chi connectivity index (χ2n) is 7.51. The molecule has 7 heteroatoms. The first kappa shape index (κ1) is 21.2. The average Bonchev–Trinajstić information content (AvgIpc) is 3.13. The summed E-state index contributed by atoms with van der Waals surface area (Å²) in [5.41, 5.74) is 3.87. The minimum atomic E-state index is -0.425. The van der Waals surface area contributed by atoms with Crippen LogP contribution in [-0.4, -0.2) is 34.5 Å². The molecule has 6 nitrogen and oxygen atoms in total. The van der Waals surface area contributed by atoms with E-state index in [0.717, 1.165) is 22.5 Å². The minimum absolute atomic E-state index is 0.226. The zero-order chi connectivity index (χ0) is 22.7. The number of fused-ring (bicyclic) bond motifs is 1. The summed E-state index contributed by atoms with van der Waals surface area (Å²) in [5.74, 6) is -0.235. The van der Waals surface area contributed by atoms with Gasteiger partial charge in [-0.2, -0.15) is 0 Å². The Morgan fingerprint density at radius 2 is 1.50 bits per heavy atom. The van der Waals surface area contributed by atoms with Gasteiger partial charge in [-0.25, -0.2) is 9.37 Å². The fraction of sp³-hybridized carbons (Fsp3) is 0.160. The lowest BCUT2D eigenvalue weighted by Gasteiger charge is -2.09. The van der Waals surface area contributed by atoms with Gasteiger partial charge in [0.2, 0.25) is 0 Å². The van der Waals surface area contributed by atoms with Crippen molar-refractivity contribution in [3.05, 3.63) is 95.1 Å². The van der Waals surface area contributed by atoms with Crippen LogP contribution >= 0.6 is 0 Å². The van der Waals surface area contributed by atoms with E-state index in [1.807, 2.05) is 47.9 Å². The van der Waals surface area contributed by atoms with E-state index in [2.05, 4.69) is 15.6 Å². The van der Waals surface area contributed by atoms with Gasteiger partial charge in [-0.05, 0) is 61.9 Å². The molecule has 0 aliphatic rings. The summed E-state index contributed by atoms with van der Waals surface area (Å²) >= 11 is 0. The Labute approximate surface area is 185 Å². The number of aryl methyl sites for hydroxylation is 2. The first-order valence-corrected chi connectivity index (χ1v) is 10.3. The molecule has 162 valence electrons. The predicted molar refractivity (Wildman–Crippen MR) is 122 cm³/mol. The molecule has 0 unspecified atom stereocenters. The van der Waals surface area contributed by atoms with Crippen molar-refractivity contribution in [2.24, 2.45) is 0 Å². The summed E-state index contributed by atoms with van der Waals surface area (Å²) in [6.45, 7) is 4.03. The SMILES string of the molecule is Cc1ccc(C(=O)NCCNC(=O)c2ccc3c(c2)nc(C)n3-c2ccccc2)cc1F. The van der Waals surface area contributed by atoms with Gasteiger partial charge in [0.05, 0.1) is 11.0 Å². The highest BCUT2D eigenvalue weighted by Gasteiger charge is 2.13. The smallest absolute Gasteiger partial charge is 0.251 e. The van der Waals surface area contributed by atoms with Crippen molar-refractivity contribution < 1.29 is 14.0 Å². The number of nitrogens with one attached hydrogen (secondary N) is 2. The number of rotatable bonds is 6. The zero-order valence-corrected chi connectivity index (χ0v) is 17.9. The zero-order valence-electron chi connectivity index (χ0n) is 17.9. The van der Waals surface area contributed by atoms with Crippen LogP contribution in [0.25, 0.3) is 16.7 Å². The largest absolute Gasteiger partial charge is 0.350 e. The minimum Gasteiger partial charge on any atom is -0.350 e. The number of halogens is 1. The molecular weight excluding hydrogens is 407 g/mol. The molecular formula is C25H23FN4O2. The third-order valence-corrected chi connectivity index (χ3v) is 5.23. The molecule has 0 aliphatic heterocycles. The molecule has 2 N–H and O–H groups in total. The van der Waals surface area contributed by atoms with Crippen molar-refractivity contribution in [1.29, 1.82) is 0 Å². The maximum absolute atomic E-state index is 13.6.